The van der Waals surface area contributed by atoms with E-state index < -0.39 is 5.97 Å². The number of hydrogen-bond acceptors (Lipinski definition) is 3. The minimum absolute atomic E-state index is 0.216. The fraction of sp³-hybridized carbons (Fsp3) is 0.562. The molecule has 1 aromatic carbocycles. The molecule has 2 fully saturated rings. The summed E-state index contributed by atoms with van der Waals surface area (Å²) in [5, 5.41) is 9.18. The van der Waals surface area contributed by atoms with Crippen LogP contribution in [0.25, 0.3) is 0 Å². The highest BCUT2D eigenvalue weighted by Gasteiger charge is 2.32. The third-order valence-corrected chi connectivity index (χ3v) is 4.95. The Morgan fingerprint density at radius 2 is 1.95 bits per heavy atom. The highest BCUT2D eigenvalue weighted by Crippen LogP contribution is 2.39. The molecule has 2 aliphatic rings. The van der Waals surface area contributed by atoms with Crippen LogP contribution in [0.5, 0.6) is 0 Å². The second-order valence-corrected chi connectivity index (χ2v) is 6.08. The molecule has 0 radical (unpaired) electrons. The summed E-state index contributed by atoms with van der Waals surface area (Å²) in [5.74, 6) is 0.672. The van der Waals surface area contributed by atoms with E-state index in [1.807, 2.05) is 6.07 Å². The summed E-state index contributed by atoms with van der Waals surface area (Å²) in [7, 11) is 0. The highest BCUT2D eigenvalue weighted by atomic mass is 16.4. The van der Waals surface area contributed by atoms with Gasteiger partial charge in [0.15, 0.2) is 0 Å². The molecule has 4 nitrogen and oxygen atoms in total. The number of para-hydroxylation sites is 1. The van der Waals surface area contributed by atoms with Crippen molar-refractivity contribution in [2.45, 2.75) is 32.1 Å². The number of anilines is 2. The zero-order valence-corrected chi connectivity index (χ0v) is 11.7. The van der Waals surface area contributed by atoms with Crippen LogP contribution in [0.3, 0.4) is 0 Å². The van der Waals surface area contributed by atoms with E-state index >= 15 is 0 Å². The average molecular weight is 274 g/mol. The molecule has 1 aliphatic carbocycles. The molecule has 1 saturated heterocycles. The maximum atomic E-state index is 11.2. The number of aromatic carboxylic acids is 1. The first-order chi connectivity index (χ1) is 9.66. The normalized spacial score (nSPS) is 26.1. The van der Waals surface area contributed by atoms with Gasteiger partial charge in [0.1, 0.15) is 0 Å². The molecule has 0 aromatic heterocycles. The number of rotatable bonds is 2. The molecular formula is C16H22N2O2. The van der Waals surface area contributed by atoms with Gasteiger partial charge in [-0.1, -0.05) is 25.3 Å². The Hall–Kier alpha value is -1.71. The maximum absolute atomic E-state index is 11.2. The summed E-state index contributed by atoms with van der Waals surface area (Å²) in [6, 6.07) is 5.32. The molecule has 2 unspecified atom stereocenters. The van der Waals surface area contributed by atoms with E-state index in [0.29, 0.717) is 5.69 Å². The zero-order chi connectivity index (χ0) is 14.1. The summed E-state index contributed by atoms with van der Waals surface area (Å²) in [6.07, 6.45) is 6.59. The summed E-state index contributed by atoms with van der Waals surface area (Å²) in [4.78, 5) is 13.5. The van der Waals surface area contributed by atoms with Crippen LogP contribution in [0.1, 0.15) is 42.5 Å². The summed E-state index contributed by atoms with van der Waals surface area (Å²) in [5.41, 5.74) is 7.59. The quantitative estimate of drug-likeness (QED) is 0.814. The van der Waals surface area contributed by atoms with Gasteiger partial charge >= 0.3 is 5.97 Å². The lowest BCUT2D eigenvalue weighted by atomic mass is 9.75. The minimum Gasteiger partial charge on any atom is -0.478 e. The third-order valence-electron chi connectivity index (χ3n) is 4.95. The molecule has 1 aromatic rings. The van der Waals surface area contributed by atoms with Crippen LogP contribution in [0, 0.1) is 11.8 Å². The van der Waals surface area contributed by atoms with Crippen molar-refractivity contribution in [2.24, 2.45) is 11.8 Å². The van der Waals surface area contributed by atoms with Crippen molar-refractivity contribution in [2.75, 3.05) is 23.7 Å². The van der Waals surface area contributed by atoms with Gasteiger partial charge in [0.2, 0.25) is 0 Å². The largest absolute Gasteiger partial charge is 0.478 e. The first-order valence-electron chi connectivity index (χ1n) is 7.53. The lowest BCUT2D eigenvalue weighted by Gasteiger charge is -2.42. The monoisotopic (exact) mass is 274 g/mol. The number of fused-ring (bicyclic) bond motifs is 1. The first kappa shape index (κ1) is 13.3. The van der Waals surface area contributed by atoms with Crippen molar-refractivity contribution >= 4 is 17.3 Å². The number of hydrogen-bond donors (Lipinski definition) is 2. The SMILES string of the molecule is Nc1c(C(=O)O)cccc1N1CCC2CCCCC2C1. The topological polar surface area (TPSA) is 66.6 Å². The molecule has 0 amide bonds. The zero-order valence-electron chi connectivity index (χ0n) is 11.7. The van der Waals surface area contributed by atoms with Gasteiger partial charge in [0.05, 0.1) is 16.9 Å². The Labute approximate surface area is 119 Å². The second-order valence-electron chi connectivity index (χ2n) is 6.08. The van der Waals surface area contributed by atoms with Gasteiger partial charge in [-0.05, 0) is 36.8 Å². The van der Waals surface area contributed by atoms with Gasteiger partial charge < -0.3 is 15.7 Å². The lowest BCUT2D eigenvalue weighted by Crippen LogP contribution is -2.42. The van der Waals surface area contributed by atoms with Crippen LogP contribution in [0.2, 0.25) is 0 Å². The van der Waals surface area contributed by atoms with E-state index in [9.17, 15) is 9.90 Å². The van der Waals surface area contributed by atoms with Crippen LogP contribution < -0.4 is 10.6 Å². The molecule has 3 rings (SSSR count). The van der Waals surface area contributed by atoms with E-state index in [1.165, 1.54) is 32.1 Å². The van der Waals surface area contributed by atoms with Crippen molar-refractivity contribution < 1.29 is 9.90 Å². The van der Waals surface area contributed by atoms with Crippen molar-refractivity contribution in [3.63, 3.8) is 0 Å². The van der Waals surface area contributed by atoms with Crippen LogP contribution in [0.15, 0.2) is 18.2 Å². The summed E-state index contributed by atoms with van der Waals surface area (Å²) >= 11 is 0. The molecule has 0 bridgehead atoms. The van der Waals surface area contributed by atoms with Gasteiger partial charge in [-0.3, -0.25) is 0 Å². The lowest BCUT2D eigenvalue weighted by molar-refractivity contribution is 0.0698. The first-order valence-corrected chi connectivity index (χ1v) is 7.53. The molecule has 1 aliphatic heterocycles. The molecule has 2 atom stereocenters. The standard InChI is InChI=1S/C16H22N2O2/c17-15-13(16(19)20)6-3-7-14(15)18-9-8-11-4-1-2-5-12(11)10-18/h3,6-7,11-12H,1-2,4-5,8-10,17H2,(H,19,20). The fourth-order valence-corrected chi connectivity index (χ4v) is 3.83. The Morgan fingerprint density at radius 3 is 2.70 bits per heavy atom. The molecule has 20 heavy (non-hydrogen) atoms. The molecule has 1 heterocycles. The van der Waals surface area contributed by atoms with Crippen molar-refractivity contribution in [1.29, 1.82) is 0 Å². The predicted molar refractivity (Wildman–Crippen MR) is 80.1 cm³/mol. The Bertz CT molecular complexity index is 515. The average Bonchev–Trinajstić information content (AvgIpc) is 2.46. The van der Waals surface area contributed by atoms with Crippen LogP contribution in [-0.2, 0) is 0 Å². The Morgan fingerprint density at radius 1 is 1.20 bits per heavy atom. The van der Waals surface area contributed by atoms with Crippen LogP contribution >= 0.6 is 0 Å². The van der Waals surface area contributed by atoms with Gasteiger partial charge in [-0.2, -0.15) is 0 Å². The van der Waals surface area contributed by atoms with Crippen LogP contribution in [0.4, 0.5) is 11.4 Å². The minimum atomic E-state index is -0.947. The van der Waals surface area contributed by atoms with Crippen LogP contribution in [-0.4, -0.2) is 24.2 Å². The van der Waals surface area contributed by atoms with E-state index in [1.54, 1.807) is 12.1 Å². The van der Waals surface area contributed by atoms with Gasteiger partial charge in [0.25, 0.3) is 0 Å². The number of nitrogen functional groups attached to an aromatic ring is 1. The van der Waals surface area contributed by atoms with E-state index in [-0.39, 0.29) is 5.56 Å². The number of carboxylic acids is 1. The molecule has 3 N–H and O–H groups in total. The van der Waals surface area contributed by atoms with Crippen molar-refractivity contribution in [3.8, 4) is 0 Å². The Kier molecular flexibility index (Phi) is 3.55. The maximum Gasteiger partial charge on any atom is 0.337 e. The summed E-state index contributed by atoms with van der Waals surface area (Å²) in [6.45, 7) is 2.02. The molecular weight excluding hydrogens is 252 g/mol. The number of nitrogens with zero attached hydrogens (tertiary/aromatic N) is 1. The van der Waals surface area contributed by atoms with E-state index in [2.05, 4.69) is 4.90 Å². The number of nitrogens with two attached hydrogens (primary N) is 1. The molecule has 108 valence electrons. The Balaban J connectivity index is 1.83. The van der Waals surface area contributed by atoms with Crippen molar-refractivity contribution in [3.05, 3.63) is 23.8 Å². The second kappa shape index (κ2) is 5.35. The highest BCUT2D eigenvalue weighted by molar-refractivity contribution is 5.97. The fourth-order valence-electron chi connectivity index (χ4n) is 3.83. The predicted octanol–water partition coefficient (Wildman–Crippen LogP) is 2.98. The van der Waals surface area contributed by atoms with Crippen molar-refractivity contribution in [1.82, 2.24) is 0 Å². The molecule has 4 heteroatoms. The number of carbonyl (C=O) groups is 1. The molecule has 0 spiro atoms. The summed E-state index contributed by atoms with van der Waals surface area (Å²) < 4.78 is 0. The molecule has 1 saturated carbocycles. The number of benzene rings is 1. The van der Waals surface area contributed by atoms with Gasteiger partial charge in [-0.15, -0.1) is 0 Å². The van der Waals surface area contributed by atoms with E-state index in [0.717, 1.165) is 30.6 Å². The van der Waals surface area contributed by atoms with E-state index in [4.69, 9.17) is 5.73 Å². The number of carboxylic acid groups (broad SMARTS) is 1. The van der Waals surface area contributed by atoms with Gasteiger partial charge in [0, 0.05) is 13.1 Å². The third kappa shape index (κ3) is 2.35. The van der Waals surface area contributed by atoms with Gasteiger partial charge in [-0.25, -0.2) is 4.79 Å². The smallest absolute Gasteiger partial charge is 0.337 e. The number of piperidine rings is 1.